The van der Waals surface area contributed by atoms with Gasteiger partial charge in [0.1, 0.15) is 0 Å². The second-order valence-corrected chi connectivity index (χ2v) is 4.76. The van der Waals surface area contributed by atoms with Gasteiger partial charge in [-0.2, -0.15) is 0 Å². The first-order valence-corrected chi connectivity index (χ1v) is 5.79. The number of carbonyl (C=O) groups is 1. The average molecular weight is 210 g/mol. The summed E-state index contributed by atoms with van der Waals surface area (Å²) in [5.41, 5.74) is 2.60. The predicted octanol–water partition coefficient (Wildman–Crippen LogP) is 3.47. The largest absolute Gasteiger partial charge is 0.469 e. The molecule has 0 unspecified atom stereocenters. The van der Waals surface area contributed by atoms with E-state index in [-0.39, 0.29) is 11.4 Å². The molecule has 0 spiro atoms. The lowest BCUT2D eigenvalue weighted by Crippen LogP contribution is -2.34. The Morgan fingerprint density at radius 3 is 2.53 bits per heavy atom. The molecule has 2 nitrogen and oxygen atoms in total. The van der Waals surface area contributed by atoms with E-state index in [4.69, 9.17) is 4.74 Å². The summed E-state index contributed by atoms with van der Waals surface area (Å²) in [7, 11) is 1.50. The second-order valence-electron chi connectivity index (χ2n) is 4.76. The lowest BCUT2D eigenvalue weighted by molar-refractivity contribution is -0.154. The summed E-state index contributed by atoms with van der Waals surface area (Å²) >= 11 is 0. The average Bonchev–Trinajstić information content (AvgIpc) is 2.23. The van der Waals surface area contributed by atoms with Crippen LogP contribution in [0.25, 0.3) is 0 Å². The van der Waals surface area contributed by atoms with Crippen molar-refractivity contribution in [2.45, 2.75) is 52.9 Å². The molecule has 1 atom stereocenters. The van der Waals surface area contributed by atoms with E-state index in [0.717, 1.165) is 32.1 Å². The van der Waals surface area contributed by atoms with Crippen LogP contribution in [0.15, 0.2) is 11.1 Å². The quantitative estimate of drug-likeness (QED) is 0.526. The second kappa shape index (κ2) is 4.82. The molecule has 1 rings (SSSR count). The Morgan fingerprint density at radius 1 is 1.40 bits per heavy atom. The Kier molecular flexibility index (Phi) is 3.95. The number of ether oxygens (including phenoxy) is 1. The third-order valence-electron chi connectivity index (χ3n) is 3.66. The molecule has 0 aromatic rings. The van der Waals surface area contributed by atoms with Gasteiger partial charge >= 0.3 is 5.97 Å². The zero-order chi connectivity index (χ0) is 11.5. The van der Waals surface area contributed by atoms with Crippen LogP contribution in [0.2, 0.25) is 0 Å². The molecule has 0 fully saturated rings. The van der Waals surface area contributed by atoms with Crippen LogP contribution in [0, 0.1) is 5.41 Å². The van der Waals surface area contributed by atoms with Crippen molar-refractivity contribution in [1.29, 1.82) is 0 Å². The van der Waals surface area contributed by atoms with Gasteiger partial charge < -0.3 is 4.74 Å². The summed E-state index contributed by atoms with van der Waals surface area (Å²) in [5, 5.41) is 0. The molecule has 0 bridgehead atoms. The van der Waals surface area contributed by atoms with Crippen molar-refractivity contribution in [2.75, 3.05) is 7.11 Å². The van der Waals surface area contributed by atoms with E-state index in [1.807, 2.05) is 0 Å². The fourth-order valence-electron chi connectivity index (χ4n) is 2.57. The molecule has 0 aliphatic heterocycles. The van der Waals surface area contributed by atoms with Crippen LogP contribution >= 0.6 is 0 Å². The van der Waals surface area contributed by atoms with Crippen LogP contribution in [0.3, 0.4) is 0 Å². The zero-order valence-corrected chi connectivity index (χ0v) is 10.4. The Labute approximate surface area is 92.7 Å². The molecule has 0 amide bonds. The fourth-order valence-corrected chi connectivity index (χ4v) is 2.57. The number of esters is 1. The number of allylic oxidation sites excluding steroid dienone is 2. The van der Waals surface area contributed by atoms with Crippen molar-refractivity contribution in [1.82, 2.24) is 0 Å². The monoisotopic (exact) mass is 210 g/mol. The first-order valence-electron chi connectivity index (χ1n) is 5.79. The van der Waals surface area contributed by atoms with Gasteiger partial charge in [-0.15, -0.1) is 0 Å². The third-order valence-corrected chi connectivity index (χ3v) is 3.66. The van der Waals surface area contributed by atoms with Crippen LogP contribution in [-0.2, 0) is 9.53 Å². The highest BCUT2D eigenvalue weighted by Gasteiger charge is 2.40. The minimum absolute atomic E-state index is 0.0174. The van der Waals surface area contributed by atoms with Crippen LogP contribution in [0.4, 0.5) is 0 Å². The minimum atomic E-state index is -0.229. The number of hydrogen-bond donors (Lipinski definition) is 0. The lowest BCUT2D eigenvalue weighted by atomic mass is 9.69. The molecular weight excluding hydrogens is 188 g/mol. The highest BCUT2D eigenvalue weighted by atomic mass is 16.5. The van der Waals surface area contributed by atoms with Crippen LogP contribution in [0.1, 0.15) is 52.9 Å². The normalized spacial score (nSPS) is 26.7. The molecule has 1 aliphatic carbocycles. The van der Waals surface area contributed by atoms with Crippen molar-refractivity contribution >= 4 is 5.97 Å². The van der Waals surface area contributed by atoms with Gasteiger partial charge in [0.15, 0.2) is 0 Å². The van der Waals surface area contributed by atoms with E-state index >= 15 is 0 Å². The van der Waals surface area contributed by atoms with Gasteiger partial charge in [-0.1, -0.05) is 24.5 Å². The summed E-state index contributed by atoms with van der Waals surface area (Å²) in [4.78, 5) is 11.9. The molecule has 0 aromatic carbocycles. The van der Waals surface area contributed by atoms with Gasteiger partial charge in [-0.25, -0.2) is 0 Å². The lowest BCUT2D eigenvalue weighted by Gasteiger charge is -2.35. The van der Waals surface area contributed by atoms with Crippen molar-refractivity contribution in [3.8, 4) is 0 Å². The zero-order valence-electron chi connectivity index (χ0n) is 10.4. The fraction of sp³-hybridized carbons (Fsp3) is 0.769. The van der Waals surface area contributed by atoms with E-state index in [1.165, 1.54) is 18.3 Å². The number of rotatable bonds is 3. The molecule has 0 saturated heterocycles. The molecular formula is C13H22O2. The predicted molar refractivity (Wildman–Crippen MR) is 61.6 cm³/mol. The first kappa shape index (κ1) is 12.3. The molecule has 0 saturated carbocycles. The minimum Gasteiger partial charge on any atom is -0.469 e. The smallest absolute Gasteiger partial charge is 0.312 e. The van der Waals surface area contributed by atoms with Crippen LogP contribution in [0.5, 0.6) is 0 Å². The first-order chi connectivity index (χ1) is 7.05. The van der Waals surface area contributed by atoms with E-state index in [9.17, 15) is 4.79 Å². The number of hydrogen-bond acceptors (Lipinski definition) is 2. The number of methoxy groups -OCH3 is 1. The molecule has 15 heavy (non-hydrogen) atoms. The van der Waals surface area contributed by atoms with Crippen molar-refractivity contribution in [2.24, 2.45) is 5.41 Å². The van der Waals surface area contributed by atoms with E-state index in [1.54, 1.807) is 0 Å². The number of carbonyl (C=O) groups excluding carboxylic acids is 1. The Bertz CT molecular complexity index is 278. The summed E-state index contributed by atoms with van der Waals surface area (Å²) in [6.45, 7) is 6.44. The maximum absolute atomic E-state index is 11.9. The molecule has 0 heterocycles. The van der Waals surface area contributed by atoms with Crippen molar-refractivity contribution in [3.63, 3.8) is 0 Å². The summed E-state index contributed by atoms with van der Waals surface area (Å²) in [6, 6.07) is 0. The van der Waals surface area contributed by atoms with Crippen LogP contribution in [-0.4, -0.2) is 13.1 Å². The SMILES string of the molecule is CCC[C@@]1(C(=O)OC)CCC(C)=C(C)C1. The summed E-state index contributed by atoms with van der Waals surface area (Å²) in [6.07, 6.45) is 4.88. The maximum atomic E-state index is 11.9. The molecule has 2 heteroatoms. The van der Waals surface area contributed by atoms with Gasteiger partial charge in [0.25, 0.3) is 0 Å². The molecule has 86 valence electrons. The van der Waals surface area contributed by atoms with Gasteiger partial charge in [0.2, 0.25) is 0 Å². The van der Waals surface area contributed by atoms with E-state index in [2.05, 4.69) is 20.8 Å². The highest BCUT2D eigenvalue weighted by Crippen LogP contribution is 2.43. The van der Waals surface area contributed by atoms with Gasteiger partial charge in [0, 0.05) is 0 Å². The molecule has 0 aromatic heterocycles. The topological polar surface area (TPSA) is 26.3 Å². The molecule has 1 aliphatic rings. The molecule has 0 radical (unpaired) electrons. The van der Waals surface area contributed by atoms with Gasteiger partial charge in [0.05, 0.1) is 12.5 Å². The highest BCUT2D eigenvalue weighted by molar-refractivity contribution is 5.77. The Hall–Kier alpha value is -0.790. The van der Waals surface area contributed by atoms with Crippen molar-refractivity contribution < 1.29 is 9.53 Å². The van der Waals surface area contributed by atoms with Crippen LogP contribution < -0.4 is 0 Å². The van der Waals surface area contributed by atoms with Crippen molar-refractivity contribution in [3.05, 3.63) is 11.1 Å². The maximum Gasteiger partial charge on any atom is 0.312 e. The standard InChI is InChI=1S/C13H22O2/c1-5-7-13(12(14)15-4)8-6-10(2)11(3)9-13/h5-9H2,1-4H3/t13-/m1/s1. The van der Waals surface area contributed by atoms with Gasteiger partial charge in [-0.05, 0) is 39.5 Å². The Balaban J connectivity index is 2.90. The summed E-state index contributed by atoms with van der Waals surface area (Å²) in [5.74, 6) is -0.0174. The molecule has 0 N–H and O–H groups in total. The van der Waals surface area contributed by atoms with Gasteiger partial charge in [-0.3, -0.25) is 4.79 Å². The van der Waals surface area contributed by atoms with E-state index < -0.39 is 0 Å². The summed E-state index contributed by atoms with van der Waals surface area (Å²) < 4.78 is 4.97. The van der Waals surface area contributed by atoms with E-state index in [0.29, 0.717) is 0 Å². The Morgan fingerprint density at radius 2 is 2.07 bits per heavy atom. The third kappa shape index (κ3) is 2.42.